The standard InChI is InChI=1S/C14H18N2O3/c17-8-7-15-3-5-16(6-4-15)10-12-1-2-13-14(9-12)19-11-18-13/h1-2,8-9H,3-7,10-11H2. The maximum absolute atomic E-state index is 10.5. The molecule has 5 heteroatoms. The van der Waals surface area contributed by atoms with Gasteiger partial charge in [0.1, 0.15) is 6.29 Å². The first-order valence-corrected chi connectivity index (χ1v) is 6.62. The first kappa shape index (κ1) is 12.4. The van der Waals surface area contributed by atoms with Crippen LogP contribution in [0.4, 0.5) is 0 Å². The van der Waals surface area contributed by atoms with Gasteiger partial charge in [-0.25, -0.2) is 0 Å². The van der Waals surface area contributed by atoms with E-state index < -0.39 is 0 Å². The molecule has 0 unspecified atom stereocenters. The molecule has 1 saturated heterocycles. The minimum atomic E-state index is 0.323. The SMILES string of the molecule is O=CCN1CCN(Cc2ccc3c(c2)OCO3)CC1. The molecule has 0 aliphatic carbocycles. The number of rotatable bonds is 4. The van der Waals surface area contributed by atoms with Gasteiger partial charge >= 0.3 is 0 Å². The molecule has 0 saturated carbocycles. The zero-order valence-corrected chi connectivity index (χ0v) is 10.9. The minimum Gasteiger partial charge on any atom is -0.454 e. The van der Waals surface area contributed by atoms with Crippen LogP contribution < -0.4 is 9.47 Å². The van der Waals surface area contributed by atoms with Crippen molar-refractivity contribution in [1.82, 2.24) is 9.80 Å². The second-order valence-corrected chi connectivity index (χ2v) is 4.93. The van der Waals surface area contributed by atoms with Gasteiger partial charge in [0.2, 0.25) is 6.79 Å². The lowest BCUT2D eigenvalue weighted by Gasteiger charge is -2.33. The Balaban J connectivity index is 1.56. The van der Waals surface area contributed by atoms with E-state index in [1.165, 1.54) is 5.56 Å². The normalized spacial score (nSPS) is 19.6. The van der Waals surface area contributed by atoms with E-state index in [9.17, 15) is 4.79 Å². The third kappa shape index (κ3) is 2.88. The van der Waals surface area contributed by atoms with Crippen LogP contribution in [0.25, 0.3) is 0 Å². The largest absolute Gasteiger partial charge is 0.454 e. The summed E-state index contributed by atoms with van der Waals surface area (Å²) in [5, 5.41) is 0. The summed E-state index contributed by atoms with van der Waals surface area (Å²) in [6.45, 7) is 5.73. The summed E-state index contributed by atoms with van der Waals surface area (Å²) in [5.41, 5.74) is 1.24. The number of piperazine rings is 1. The van der Waals surface area contributed by atoms with E-state index in [2.05, 4.69) is 21.9 Å². The van der Waals surface area contributed by atoms with E-state index in [0.717, 1.165) is 50.5 Å². The van der Waals surface area contributed by atoms with Gasteiger partial charge in [-0.05, 0) is 17.7 Å². The lowest BCUT2D eigenvalue weighted by atomic mass is 10.1. The Kier molecular flexibility index (Phi) is 3.66. The highest BCUT2D eigenvalue weighted by molar-refractivity contribution is 5.52. The van der Waals surface area contributed by atoms with E-state index in [4.69, 9.17) is 9.47 Å². The van der Waals surface area contributed by atoms with Crippen molar-refractivity contribution in [3.05, 3.63) is 23.8 Å². The van der Waals surface area contributed by atoms with Gasteiger partial charge in [0.05, 0.1) is 6.54 Å². The summed E-state index contributed by atoms with van der Waals surface area (Å²) in [6.07, 6.45) is 0.980. The molecular formula is C14H18N2O3. The average Bonchev–Trinajstić information content (AvgIpc) is 2.89. The van der Waals surface area contributed by atoms with E-state index in [-0.39, 0.29) is 0 Å². The Morgan fingerprint density at radius 1 is 1.05 bits per heavy atom. The van der Waals surface area contributed by atoms with Crippen molar-refractivity contribution < 1.29 is 14.3 Å². The number of benzene rings is 1. The second-order valence-electron chi connectivity index (χ2n) is 4.93. The van der Waals surface area contributed by atoms with Gasteiger partial charge < -0.3 is 14.3 Å². The fourth-order valence-corrected chi connectivity index (χ4v) is 2.53. The Bertz CT molecular complexity index is 456. The summed E-state index contributed by atoms with van der Waals surface area (Å²) >= 11 is 0. The minimum absolute atomic E-state index is 0.323. The zero-order valence-electron chi connectivity index (χ0n) is 10.9. The molecule has 0 aromatic heterocycles. The van der Waals surface area contributed by atoms with E-state index in [1.807, 2.05) is 6.07 Å². The number of ether oxygens (including phenoxy) is 2. The van der Waals surface area contributed by atoms with E-state index >= 15 is 0 Å². The number of fused-ring (bicyclic) bond motifs is 1. The van der Waals surface area contributed by atoms with Gasteiger partial charge in [-0.2, -0.15) is 0 Å². The van der Waals surface area contributed by atoms with Crippen LogP contribution in [0.5, 0.6) is 11.5 Å². The third-order valence-electron chi connectivity index (χ3n) is 3.64. The lowest BCUT2D eigenvalue weighted by Crippen LogP contribution is -2.46. The van der Waals surface area contributed by atoms with Crippen LogP contribution in [0.2, 0.25) is 0 Å². The smallest absolute Gasteiger partial charge is 0.231 e. The number of nitrogens with zero attached hydrogens (tertiary/aromatic N) is 2. The fraction of sp³-hybridized carbons (Fsp3) is 0.500. The molecule has 0 spiro atoms. The van der Waals surface area contributed by atoms with Gasteiger partial charge in [0, 0.05) is 32.7 Å². The molecule has 2 aliphatic rings. The van der Waals surface area contributed by atoms with Crippen LogP contribution in [0.15, 0.2) is 18.2 Å². The first-order valence-electron chi connectivity index (χ1n) is 6.62. The van der Waals surface area contributed by atoms with Gasteiger partial charge in [-0.3, -0.25) is 9.80 Å². The molecule has 0 amide bonds. The Morgan fingerprint density at radius 3 is 2.58 bits per heavy atom. The Hall–Kier alpha value is -1.59. The van der Waals surface area contributed by atoms with Crippen molar-refractivity contribution in [1.29, 1.82) is 0 Å². The molecule has 1 aromatic rings. The van der Waals surface area contributed by atoms with Crippen molar-refractivity contribution in [2.24, 2.45) is 0 Å². The fourth-order valence-electron chi connectivity index (χ4n) is 2.53. The van der Waals surface area contributed by atoms with Crippen molar-refractivity contribution in [3.8, 4) is 11.5 Å². The summed E-state index contributed by atoms with van der Waals surface area (Å²) in [7, 11) is 0. The molecule has 0 N–H and O–H groups in total. The molecule has 0 bridgehead atoms. The third-order valence-corrected chi connectivity index (χ3v) is 3.64. The highest BCUT2D eigenvalue weighted by Crippen LogP contribution is 2.32. The summed E-state index contributed by atoms with van der Waals surface area (Å²) in [6, 6.07) is 6.12. The number of hydrogen-bond donors (Lipinski definition) is 0. The molecule has 0 radical (unpaired) electrons. The monoisotopic (exact) mass is 262 g/mol. The van der Waals surface area contributed by atoms with E-state index in [1.54, 1.807) is 0 Å². The maximum Gasteiger partial charge on any atom is 0.231 e. The van der Waals surface area contributed by atoms with Crippen molar-refractivity contribution in [2.75, 3.05) is 39.5 Å². The summed E-state index contributed by atoms with van der Waals surface area (Å²) in [4.78, 5) is 15.1. The molecule has 1 fully saturated rings. The second kappa shape index (κ2) is 5.59. The van der Waals surface area contributed by atoms with Gasteiger partial charge in [-0.15, -0.1) is 0 Å². The predicted molar refractivity (Wildman–Crippen MR) is 70.3 cm³/mol. The molecule has 102 valence electrons. The number of aldehydes is 1. The Morgan fingerprint density at radius 2 is 1.79 bits per heavy atom. The van der Waals surface area contributed by atoms with Crippen LogP contribution in [0.3, 0.4) is 0 Å². The molecule has 19 heavy (non-hydrogen) atoms. The topological polar surface area (TPSA) is 42.0 Å². The van der Waals surface area contributed by atoms with Crippen molar-refractivity contribution >= 4 is 6.29 Å². The van der Waals surface area contributed by atoms with Gasteiger partial charge in [0.25, 0.3) is 0 Å². The van der Waals surface area contributed by atoms with Gasteiger partial charge in [0.15, 0.2) is 11.5 Å². The first-order chi connectivity index (χ1) is 9.35. The predicted octanol–water partition coefficient (Wildman–Crippen LogP) is 0.732. The molecular weight excluding hydrogens is 244 g/mol. The lowest BCUT2D eigenvalue weighted by molar-refractivity contribution is -0.109. The summed E-state index contributed by atoms with van der Waals surface area (Å²) in [5.74, 6) is 1.68. The number of carbonyl (C=O) groups excluding carboxylic acids is 1. The summed E-state index contributed by atoms with van der Waals surface area (Å²) < 4.78 is 10.7. The molecule has 1 aromatic carbocycles. The molecule has 2 aliphatic heterocycles. The van der Waals surface area contributed by atoms with Crippen molar-refractivity contribution in [2.45, 2.75) is 6.54 Å². The highest BCUT2D eigenvalue weighted by Gasteiger charge is 2.18. The molecule has 2 heterocycles. The highest BCUT2D eigenvalue weighted by atomic mass is 16.7. The van der Waals surface area contributed by atoms with Crippen LogP contribution in [0.1, 0.15) is 5.56 Å². The van der Waals surface area contributed by atoms with Crippen LogP contribution in [0, 0.1) is 0 Å². The number of carbonyl (C=O) groups is 1. The Labute approximate surface area is 112 Å². The quantitative estimate of drug-likeness (QED) is 0.748. The van der Waals surface area contributed by atoms with Crippen molar-refractivity contribution in [3.63, 3.8) is 0 Å². The molecule has 0 atom stereocenters. The average molecular weight is 262 g/mol. The van der Waals surface area contributed by atoms with Crippen LogP contribution in [-0.4, -0.2) is 55.6 Å². The van der Waals surface area contributed by atoms with Gasteiger partial charge in [-0.1, -0.05) is 6.07 Å². The van der Waals surface area contributed by atoms with E-state index in [0.29, 0.717) is 13.3 Å². The molecule has 3 rings (SSSR count). The zero-order chi connectivity index (χ0) is 13.1. The molecule has 5 nitrogen and oxygen atoms in total. The van der Waals surface area contributed by atoms with Crippen LogP contribution >= 0.6 is 0 Å². The number of hydrogen-bond acceptors (Lipinski definition) is 5. The van der Waals surface area contributed by atoms with Crippen LogP contribution in [-0.2, 0) is 11.3 Å². The maximum atomic E-state index is 10.5.